The van der Waals surface area contributed by atoms with Crippen molar-refractivity contribution >= 4 is 11.9 Å². The Morgan fingerprint density at radius 2 is 2.12 bits per heavy atom. The van der Waals surface area contributed by atoms with Gasteiger partial charge in [0.15, 0.2) is 5.60 Å². The third kappa shape index (κ3) is 2.52. The molecule has 0 spiro atoms. The summed E-state index contributed by atoms with van der Waals surface area (Å²) in [7, 11) is 0. The molecular weight excluding hydrogens is 210 g/mol. The van der Waals surface area contributed by atoms with E-state index in [1.165, 1.54) is 6.92 Å². The second kappa shape index (κ2) is 4.05. The summed E-state index contributed by atoms with van der Waals surface area (Å²) in [6, 6.07) is 0. The van der Waals surface area contributed by atoms with Crippen LogP contribution in [0, 0.1) is 11.3 Å². The van der Waals surface area contributed by atoms with Crippen LogP contribution < -0.4 is 5.32 Å². The van der Waals surface area contributed by atoms with Crippen molar-refractivity contribution in [3.63, 3.8) is 0 Å². The van der Waals surface area contributed by atoms with E-state index in [0.717, 1.165) is 12.8 Å². The smallest absolute Gasteiger partial charge is 0.337 e. The largest absolute Gasteiger partial charge is 0.479 e. The maximum Gasteiger partial charge on any atom is 0.337 e. The van der Waals surface area contributed by atoms with Gasteiger partial charge >= 0.3 is 5.97 Å². The Balaban J connectivity index is 2.41. The maximum atomic E-state index is 11.6. The monoisotopic (exact) mass is 229 g/mol. The van der Waals surface area contributed by atoms with Gasteiger partial charge in [-0.05, 0) is 25.2 Å². The minimum Gasteiger partial charge on any atom is -0.479 e. The van der Waals surface area contributed by atoms with Gasteiger partial charge < -0.3 is 15.5 Å². The van der Waals surface area contributed by atoms with Crippen LogP contribution in [0.2, 0.25) is 0 Å². The topological polar surface area (TPSA) is 86.6 Å². The second-order valence-electron chi connectivity index (χ2n) is 5.06. The summed E-state index contributed by atoms with van der Waals surface area (Å²) >= 11 is 0. The molecule has 5 nitrogen and oxygen atoms in total. The van der Waals surface area contributed by atoms with Crippen LogP contribution in [0.3, 0.4) is 0 Å². The summed E-state index contributed by atoms with van der Waals surface area (Å²) in [5.41, 5.74) is -1.84. The molecule has 0 aromatic carbocycles. The average Bonchev–Trinajstić information content (AvgIpc) is 2.88. The number of rotatable bonds is 5. The first-order valence-corrected chi connectivity index (χ1v) is 5.46. The van der Waals surface area contributed by atoms with Crippen molar-refractivity contribution in [3.05, 3.63) is 0 Å². The molecule has 92 valence electrons. The lowest BCUT2D eigenvalue weighted by Crippen LogP contribution is -2.47. The van der Waals surface area contributed by atoms with E-state index in [4.69, 9.17) is 5.11 Å². The Morgan fingerprint density at radius 3 is 2.50 bits per heavy atom. The van der Waals surface area contributed by atoms with E-state index in [0.29, 0.717) is 0 Å². The number of amides is 1. The lowest BCUT2D eigenvalue weighted by Gasteiger charge is -2.18. The molecule has 3 atom stereocenters. The van der Waals surface area contributed by atoms with Gasteiger partial charge in [0, 0.05) is 5.92 Å². The van der Waals surface area contributed by atoms with Gasteiger partial charge in [-0.2, -0.15) is 0 Å². The number of carboxylic acids is 1. The van der Waals surface area contributed by atoms with Crippen molar-refractivity contribution in [2.24, 2.45) is 11.3 Å². The zero-order chi connectivity index (χ0) is 12.6. The highest BCUT2D eigenvalue weighted by molar-refractivity contribution is 5.84. The minimum atomic E-state index is -1.90. The number of carboxylic acid groups (broad SMARTS) is 1. The van der Waals surface area contributed by atoms with E-state index >= 15 is 0 Å². The van der Waals surface area contributed by atoms with Crippen LogP contribution >= 0.6 is 0 Å². The van der Waals surface area contributed by atoms with Crippen molar-refractivity contribution in [2.45, 2.75) is 39.2 Å². The molecule has 1 rings (SSSR count). The normalized spacial score (nSPS) is 31.6. The number of aliphatic carboxylic acids is 1. The quantitative estimate of drug-likeness (QED) is 0.636. The fraction of sp³-hybridized carbons (Fsp3) is 0.818. The maximum absolute atomic E-state index is 11.6. The molecule has 0 saturated heterocycles. The Labute approximate surface area is 94.8 Å². The number of carbonyl (C=O) groups is 2. The number of aliphatic hydroxyl groups is 1. The molecule has 1 aliphatic rings. The Kier molecular flexibility index (Phi) is 3.28. The predicted molar refractivity (Wildman–Crippen MR) is 57.8 cm³/mol. The highest BCUT2D eigenvalue weighted by Crippen LogP contribution is 2.54. The molecule has 0 bridgehead atoms. The van der Waals surface area contributed by atoms with E-state index in [1.807, 2.05) is 13.8 Å². The molecule has 1 fully saturated rings. The Morgan fingerprint density at radius 1 is 1.56 bits per heavy atom. The number of hydrogen-bond acceptors (Lipinski definition) is 3. The summed E-state index contributed by atoms with van der Waals surface area (Å²) < 4.78 is 0. The molecule has 0 radical (unpaired) electrons. The number of nitrogens with one attached hydrogen (secondary N) is 1. The molecule has 3 unspecified atom stereocenters. The first-order valence-electron chi connectivity index (χ1n) is 5.46. The zero-order valence-electron chi connectivity index (χ0n) is 9.91. The van der Waals surface area contributed by atoms with Gasteiger partial charge in [-0.15, -0.1) is 0 Å². The standard InChI is InChI=1S/C11H19NO4/c1-4-10(2)5-7(10)8(13)12-6-11(3,16)9(14)15/h7,16H,4-6H2,1-3H3,(H,12,13)(H,14,15). The Bertz CT molecular complexity index is 313. The van der Waals surface area contributed by atoms with Crippen LogP contribution in [-0.2, 0) is 9.59 Å². The van der Waals surface area contributed by atoms with Crippen molar-refractivity contribution in [1.29, 1.82) is 0 Å². The number of carbonyl (C=O) groups excluding carboxylic acids is 1. The van der Waals surface area contributed by atoms with Gasteiger partial charge in [0.05, 0.1) is 6.54 Å². The van der Waals surface area contributed by atoms with E-state index in [2.05, 4.69) is 5.32 Å². The van der Waals surface area contributed by atoms with E-state index in [9.17, 15) is 14.7 Å². The van der Waals surface area contributed by atoms with Crippen molar-refractivity contribution in [3.8, 4) is 0 Å². The van der Waals surface area contributed by atoms with Crippen LogP contribution in [0.5, 0.6) is 0 Å². The molecule has 1 aliphatic carbocycles. The minimum absolute atomic E-state index is 0.0397. The zero-order valence-corrected chi connectivity index (χ0v) is 9.91. The molecule has 0 heterocycles. The van der Waals surface area contributed by atoms with Gasteiger partial charge in [-0.3, -0.25) is 4.79 Å². The summed E-state index contributed by atoms with van der Waals surface area (Å²) in [4.78, 5) is 22.2. The number of hydrogen-bond donors (Lipinski definition) is 3. The van der Waals surface area contributed by atoms with Crippen LogP contribution in [0.15, 0.2) is 0 Å². The first-order chi connectivity index (χ1) is 7.23. The van der Waals surface area contributed by atoms with E-state index in [1.54, 1.807) is 0 Å². The summed E-state index contributed by atoms with van der Waals surface area (Å²) in [6.07, 6.45) is 1.77. The summed E-state index contributed by atoms with van der Waals surface area (Å²) in [5.74, 6) is -1.53. The van der Waals surface area contributed by atoms with E-state index in [-0.39, 0.29) is 23.8 Å². The van der Waals surface area contributed by atoms with E-state index < -0.39 is 11.6 Å². The summed E-state index contributed by atoms with van der Waals surface area (Å²) in [6.45, 7) is 4.98. The van der Waals surface area contributed by atoms with Crippen LogP contribution in [0.1, 0.15) is 33.6 Å². The fourth-order valence-corrected chi connectivity index (χ4v) is 1.67. The van der Waals surface area contributed by atoms with Crippen molar-refractivity contribution < 1.29 is 19.8 Å². The third-order valence-corrected chi connectivity index (χ3v) is 3.54. The molecule has 1 amide bonds. The van der Waals surface area contributed by atoms with Gasteiger partial charge in [-0.25, -0.2) is 4.79 Å². The van der Waals surface area contributed by atoms with Crippen LogP contribution in [0.25, 0.3) is 0 Å². The second-order valence-corrected chi connectivity index (χ2v) is 5.06. The molecule has 0 aliphatic heterocycles. The SMILES string of the molecule is CCC1(C)CC1C(=O)NCC(C)(O)C(=O)O. The molecule has 3 N–H and O–H groups in total. The average molecular weight is 229 g/mol. The Hall–Kier alpha value is -1.10. The van der Waals surface area contributed by atoms with Gasteiger partial charge in [0.1, 0.15) is 0 Å². The van der Waals surface area contributed by atoms with Gasteiger partial charge in [0.2, 0.25) is 5.91 Å². The van der Waals surface area contributed by atoms with Crippen molar-refractivity contribution in [2.75, 3.05) is 6.54 Å². The fourth-order valence-electron chi connectivity index (χ4n) is 1.67. The molecule has 16 heavy (non-hydrogen) atoms. The highest BCUT2D eigenvalue weighted by Gasteiger charge is 2.53. The highest BCUT2D eigenvalue weighted by atomic mass is 16.4. The van der Waals surface area contributed by atoms with Crippen LogP contribution in [-0.4, -0.2) is 34.2 Å². The molecular formula is C11H19NO4. The van der Waals surface area contributed by atoms with Gasteiger partial charge in [-0.1, -0.05) is 13.8 Å². The lowest BCUT2D eigenvalue weighted by molar-refractivity contribution is -0.156. The lowest BCUT2D eigenvalue weighted by atomic mass is 10.0. The molecule has 0 aromatic rings. The van der Waals surface area contributed by atoms with Crippen LogP contribution in [0.4, 0.5) is 0 Å². The molecule has 5 heteroatoms. The van der Waals surface area contributed by atoms with Crippen molar-refractivity contribution in [1.82, 2.24) is 5.32 Å². The predicted octanol–water partition coefficient (Wildman–Crippen LogP) is 0.374. The third-order valence-electron chi connectivity index (χ3n) is 3.54. The molecule has 1 saturated carbocycles. The molecule has 0 aromatic heterocycles. The first kappa shape index (κ1) is 13.0. The van der Waals surface area contributed by atoms with Gasteiger partial charge in [0.25, 0.3) is 0 Å². The summed E-state index contributed by atoms with van der Waals surface area (Å²) in [5, 5.41) is 20.6.